The van der Waals surface area contributed by atoms with Gasteiger partial charge in [-0.1, -0.05) is 11.6 Å². The third-order valence-electron chi connectivity index (χ3n) is 4.07. The summed E-state index contributed by atoms with van der Waals surface area (Å²) in [7, 11) is 2.00. The van der Waals surface area contributed by atoms with Crippen LogP contribution in [0.15, 0.2) is 18.3 Å². The summed E-state index contributed by atoms with van der Waals surface area (Å²) >= 11 is 7.58. The number of benzene rings is 1. The molecule has 0 amide bonds. The summed E-state index contributed by atoms with van der Waals surface area (Å²) in [6.07, 6.45) is 5.26. The second kappa shape index (κ2) is 4.96. The van der Waals surface area contributed by atoms with Gasteiger partial charge in [-0.3, -0.25) is 4.68 Å². The molecular weight excluding hydrogens is 306 g/mol. The Hall–Kier alpha value is -1.66. The van der Waals surface area contributed by atoms with Crippen LogP contribution in [0.4, 0.5) is 5.69 Å². The van der Waals surface area contributed by atoms with Crippen LogP contribution < -0.4 is 5.32 Å². The summed E-state index contributed by atoms with van der Waals surface area (Å²) in [5.74, 6) is 0. The van der Waals surface area contributed by atoms with Gasteiger partial charge in [-0.05, 0) is 31.4 Å². The first-order chi connectivity index (χ1) is 10.2. The topological polar surface area (TPSA) is 55.6 Å². The quantitative estimate of drug-likeness (QED) is 0.784. The molecule has 1 aromatic carbocycles. The molecule has 108 valence electrons. The number of rotatable bonds is 2. The molecule has 21 heavy (non-hydrogen) atoms. The zero-order chi connectivity index (χ0) is 14.4. The molecule has 0 saturated heterocycles. The number of hydrogen-bond donors (Lipinski definition) is 1. The van der Waals surface area contributed by atoms with Gasteiger partial charge in [0.05, 0.1) is 34.7 Å². The van der Waals surface area contributed by atoms with E-state index in [1.165, 1.54) is 23.0 Å². The Bertz CT molecular complexity index is 809. The van der Waals surface area contributed by atoms with E-state index < -0.39 is 0 Å². The molecule has 7 heteroatoms. The molecule has 1 atom stereocenters. The molecule has 4 rings (SSSR count). The van der Waals surface area contributed by atoms with Gasteiger partial charge in [0.25, 0.3) is 0 Å². The van der Waals surface area contributed by atoms with E-state index in [9.17, 15) is 0 Å². The molecule has 5 nitrogen and oxygen atoms in total. The minimum absolute atomic E-state index is 0.229. The van der Waals surface area contributed by atoms with E-state index in [0.717, 1.165) is 36.0 Å². The fraction of sp³-hybridized carbons (Fsp3) is 0.357. The Morgan fingerprint density at radius 2 is 2.29 bits per heavy atom. The van der Waals surface area contributed by atoms with Crippen molar-refractivity contribution in [3.05, 3.63) is 34.6 Å². The standard InChI is InChI=1S/C14H14ClN5S/c1-20-12-4-2-3-10(8(12)7-16-20)17-13-9(15)5-6-11-14(13)19-21-18-11/h5-7,10,17H,2-4H2,1H3. The molecule has 1 aliphatic carbocycles. The number of halogens is 1. The van der Waals surface area contributed by atoms with E-state index in [4.69, 9.17) is 11.6 Å². The Kier molecular flexibility index (Phi) is 3.08. The molecule has 0 saturated carbocycles. The van der Waals surface area contributed by atoms with Crippen LogP contribution in [0, 0.1) is 0 Å². The summed E-state index contributed by atoms with van der Waals surface area (Å²) in [6.45, 7) is 0. The molecule has 1 aliphatic rings. The summed E-state index contributed by atoms with van der Waals surface area (Å²) in [5.41, 5.74) is 5.18. The molecule has 2 aromatic heterocycles. The highest BCUT2D eigenvalue weighted by Crippen LogP contribution is 2.37. The first-order valence-electron chi connectivity index (χ1n) is 6.92. The highest BCUT2D eigenvalue weighted by atomic mass is 35.5. The van der Waals surface area contributed by atoms with Crippen molar-refractivity contribution in [3.8, 4) is 0 Å². The van der Waals surface area contributed by atoms with Crippen molar-refractivity contribution in [1.82, 2.24) is 18.5 Å². The van der Waals surface area contributed by atoms with Crippen molar-refractivity contribution < 1.29 is 0 Å². The second-order valence-corrected chi connectivity index (χ2v) is 6.25. The van der Waals surface area contributed by atoms with Crippen LogP contribution >= 0.6 is 23.3 Å². The maximum absolute atomic E-state index is 6.37. The van der Waals surface area contributed by atoms with Crippen molar-refractivity contribution in [2.75, 3.05) is 5.32 Å². The molecule has 1 unspecified atom stereocenters. The van der Waals surface area contributed by atoms with Crippen LogP contribution in [-0.2, 0) is 13.5 Å². The van der Waals surface area contributed by atoms with Crippen LogP contribution in [0.25, 0.3) is 11.0 Å². The Labute approximate surface area is 131 Å². The van der Waals surface area contributed by atoms with E-state index in [0.29, 0.717) is 5.02 Å². The SMILES string of the molecule is Cn1ncc2c1CCCC2Nc1c(Cl)ccc2nsnc12. The molecule has 0 spiro atoms. The van der Waals surface area contributed by atoms with Gasteiger partial charge in [-0.25, -0.2) is 0 Å². The number of aromatic nitrogens is 4. The fourth-order valence-electron chi connectivity index (χ4n) is 2.99. The maximum Gasteiger partial charge on any atom is 0.129 e. The van der Waals surface area contributed by atoms with Gasteiger partial charge in [0.1, 0.15) is 11.0 Å². The van der Waals surface area contributed by atoms with Crippen molar-refractivity contribution in [1.29, 1.82) is 0 Å². The van der Waals surface area contributed by atoms with Crippen molar-refractivity contribution in [2.45, 2.75) is 25.3 Å². The lowest BCUT2D eigenvalue weighted by Crippen LogP contribution is -2.18. The van der Waals surface area contributed by atoms with Gasteiger partial charge in [0.2, 0.25) is 0 Å². The van der Waals surface area contributed by atoms with Gasteiger partial charge in [-0.15, -0.1) is 0 Å². The Balaban J connectivity index is 1.76. The molecule has 3 aromatic rings. The predicted molar refractivity (Wildman–Crippen MR) is 84.9 cm³/mol. The highest BCUT2D eigenvalue weighted by molar-refractivity contribution is 7.00. The average Bonchev–Trinajstić information content (AvgIpc) is 3.10. The van der Waals surface area contributed by atoms with Crippen molar-refractivity contribution in [2.24, 2.45) is 7.05 Å². The number of nitrogens with one attached hydrogen (secondary N) is 1. The lowest BCUT2D eigenvalue weighted by Gasteiger charge is -2.25. The smallest absolute Gasteiger partial charge is 0.129 e. The highest BCUT2D eigenvalue weighted by Gasteiger charge is 2.24. The number of anilines is 1. The van der Waals surface area contributed by atoms with Gasteiger partial charge in [-0.2, -0.15) is 13.8 Å². The number of fused-ring (bicyclic) bond motifs is 2. The molecule has 0 bridgehead atoms. The van der Waals surface area contributed by atoms with Gasteiger partial charge < -0.3 is 5.32 Å². The zero-order valence-corrected chi connectivity index (χ0v) is 13.1. The van der Waals surface area contributed by atoms with E-state index in [-0.39, 0.29) is 6.04 Å². The second-order valence-electron chi connectivity index (χ2n) is 5.31. The third kappa shape index (κ3) is 2.10. The predicted octanol–water partition coefficient (Wildman–Crippen LogP) is 3.57. The van der Waals surface area contributed by atoms with E-state index in [1.54, 1.807) is 0 Å². The average molecular weight is 320 g/mol. The number of hydrogen-bond acceptors (Lipinski definition) is 5. The van der Waals surface area contributed by atoms with Crippen LogP contribution in [0.2, 0.25) is 5.02 Å². The van der Waals surface area contributed by atoms with Crippen molar-refractivity contribution >= 4 is 40.0 Å². The normalized spacial score (nSPS) is 17.9. The number of aryl methyl sites for hydroxylation is 1. The summed E-state index contributed by atoms with van der Waals surface area (Å²) in [5, 5.41) is 8.64. The van der Waals surface area contributed by atoms with Crippen LogP contribution in [-0.4, -0.2) is 18.5 Å². The number of nitrogens with zero attached hydrogens (tertiary/aromatic N) is 4. The first kappa shape index (κ1) is 13.0. The fourth-order valence-corrected chi connectivity index (χ4v) is 3.74. The van der Waals surface area contributed by atoms with E-state index in [1.807, 2.05) is 30.1 Å². The summed E-state index contributed by atoms with van der Waals surface area (Å²) in [4.78, 5) is 0. The van der Waals surface area contributed by atoms with Crippen LogP contribution in [0.1, 0.15) is 30.1 Å². The molecule has 0 aliphatic heterocycles. The van der Waals surface area contributed by atoms with Crippen LogP contribution in [0.5, 0.6) is 0 Å². The molecule has 2 heterocycles. The molecule has 1 N–H and O–H groups in total. The van der Waals surface area contributed by atoms with Crippen molar-refractivity contribution in [3.63, 3.8) is 0 Å². The summed E-state index contributed by atoms with van der Waals surface area (Å²) in [6, 6.07) is 4.01. The maximum atomic E-state index is 6.37. The van der Waals surface area contributed by atoms with Gasteiger partial charge in [0, 0.05) is 18.3 Å². The largest absolute Gasteiger partial charge is 0.375 e. The van der Waals surface area contributed by atoms with Gasteiger partial charge in [0.15, 0.2) is 0 Å². The van der Waals surface area contributed by atoms with E-state index in [2.05, 4.69) is 19.2 Å². The minimum Gasteiger partial charge on any atom is -0.375 e. The minimum atomic E-state index is 0.229. The third-order valence-corrected chi connectivity index (χ3v) is 4.93. The molecular formula is C14H14ClN5S. The summed E-state index contributed by atoms with van der Waals surface area (Å²) < 4.78 is 10.6. The zero-order valence-electron chi connectivity index (χ0n) is 11.5. The first-order valence-corrected chi connectivity index (χ1v) is 8.03. The molecule has 0 fully saturated rings. The Morgan fingerprint density at radius 1 is 1.38 bits per heavy atom. The lowest BCUT2D eigenvalue weighted by atomic mass is 9.92. The van der Waals surface area contributed by atoms with Gasteiger partial charge >= 0.3 is 0 Å². The van der Waals surface area contributed by atoms with Crippen LogP contribution in [0.3, 0.4) is 0 Å². The lowest BCUT2D eigenvalue weighted by molar-refractivity contribution is 0.572. The van der Waals surface area contributed by atoms with E-state index >= 15 is 0 Å². The Morgan fingerprint density at radius 3 is 3.19 bits per heavy atom. The monoisotopic (exact) mass is 319 g/mol. The molecule has 0 radical (unpaired) electrons.